The minimum absolute atomic E-state index is 0.0871. The first kappa shape index (κ1) is 11.2. The summed E-state index contributed by atoms with van der Waals surface area (Å²) in [5.74, 6) is 1.68. The van der Waals surface area contributed by atoms with Gasteiger partial charge in [-0.1, -0.05) is 12.1 Å². The van der Waals surface area contributed by atoms with Crippen LogP contribution in [0.15, 0.2) is 30.5 Å². The van der Waals surface area contributed by atoms with E-state index >= 15 is 0 Å². The Morgan fingerprint density at radius 1 is 1.39 bits per heavy atom. The quantitative estimate of drug-likeness (QED) is 0.869. The van der Waals surface area contributed by atoms with Crippen molar-refractivity contribution in [3.05, 3.63) is 41.9 Å². The van der Waals surface area contributed by atoms with Gasteiger partial charge in [0, 0.05) is 24.7 Å². The number of aryl methyl sites for hydroxylation is 1. The fourth-order valence-corrected chi connectivity index (χ4v) is 2.28. The van der Waals surface area contributed by atoms with Gasteiger partial charge in [-0.3, -0.25) is 0 Å². The SMILES string of the molecule is Cc1nccc(-c2cccc3c2OC(CN)C3)n1. The summed E-state index contributed by atoms with van der Waals surface area (Å²) in [5.41, 5.74) is 8.81. The van der Waals surface area contributed by atoms with E-state index in [1.807, 2.05) is 25.1 Å². The van der Waals surface area contributed by atoms with Crippen LogP contribution in [-0.2, 0) is 6.42 Å². The van der Waals surface area contributed by atoms with Crippen molar-refractivity contribution in [3.8, 4) is 17.0 Å². The Bertz CT molecular complexity index is 583. The number of nitrogens with zero attached hydrogens (tertiary/aromatic N) is 2. The van der Waals surface area contributed by atoms with Crippen molar-refractivity contribution in [2.75, 3.05) is 6.54 Å². The van der Waals surface area contributed by atoms with Crippen molar-refractivity contribution in [2.24, 2.45) is 5.73 Å². The molecule has 1 aliphatic rings. The van der Waals surface area contributed by atoms with Crippen molar-refractivity contribution in [1.82, 2.24) is 9.97 Å². The number of fused-ring (bicyclic) bond motifs is 1. The molecule has 0 fully saturated rings. The summed E-state index contributed by atoms with van der Waals surface area (Å²) in [7, 11) is 0. The Morgan fingerprint density at radius 3 is 3.06 bits per heavy atom. The molecule has 3 rings (SSSR count). The van der Waals surface area contributed by atoms with Gasteiger partial charge in [-0.15, -0.1) is 0 Å². The molecule has 0 bridgehead atoms. The maximum absolute atomic E-state index is 5.90. The number of benzene rings is 1. The molecule has 1 unspecified atom stereocenters. The summed E-state index contributed by atoms with van der Waals surface area (Å²) in [6.45, 7) is 2.42. The Balaban J connectivity index is 2.08. The molecule has 0 radical (unpaired) electrons. The molecule has 2 N–H and O–H groups in total. The van der Waals surface area contributed by atoms with E-state index in [0.717, 1.165) is 29.3 Å². The number of hydrogen-bond acceptors (Lipinski definition) is 4. The predicted molar refractivity (Wildman–Crippen MR) is 69.4 cm³/mol. The summed E-state index contributed by atoms with van der Waals surface area (Å²) in [5, 5.41) is 0. The second-order valence-corrected chi connectivity index (χ2v) is 4.46. The Kier molecular flexibility index (Phi) is 2.72. The second-order valence-electron chi connectivity index (χ2n) is 4.46. The summed E-state index contributed by atoms with van der Waals surface area (Å²) in [6.07, 6.45) is 2.74. The minimum Gasteiger partial charge on any atom is -0.488 e. The number of para-hydroxylation sites is 1. The molecule has 1 aromatic carbocycles. The minimum atomic E-state index is 0.0871. The lowest BCUT2D eigenvalue weighted by Crippen LogP contribution is -2.24. The van der Waals surface area contributed by atoms with Gasteiger partial charge in [-0.2, -0.15) is 0 Å². The fraction of sp³-hybridized carbons (Fsp3) is 0.286. The highest BCUT2D eigenvalue weighted by Gasteiger charge is 2.24. The lowest BCUT2D eigenvalue weighted by Gasteiger charge is -2.10. The van der Waals surface area contributed by atoms with Crippen LogP contribution < -0.4 is 10.5 Å². The van der Waals surface area contributed by atoms with Crippen molar-refractivity contribution in [2.45, 2.75) is 19.4 Å². The zero-order chi connectivity index (χ0) is 12.5. The lowest BCUT2D eigenvalue weighted by atomic mass is 10.0. The molecule has 0 spiro atoms. The highest BCUT2D eigenvalue weighted by molar-refractivity contribution is 5.70. The molecule has 4 heteroatoms. The molecule has 0 aliphatic carbocycles. The largest absolute Gasteiger partial charge is 0.488 e. The topological polar surface area (TPSA) is 61.0 Å². The molecule has 0 amide bonds. The molecule has 18 heavy (non-hydrogen) atoms. The van der Waals surface area contributed by atoms with Crippen molar-refractivity contribution >= 4 is 0 Å². The van der Waals surface area contributed by atoms with E-state index < -0.39 is 0 Å². The Labute approximate surface area is 106 Å². The lowest BCUT2D eigenvalue weighted by molar-refractivity contribution is 0.242. The third kappa shape index (κ3) is 1.84. The van der Waals surface area contributed by atoms with E-state index in [2.05, 4.69) is 16.0 Å². The van der Waals surface area contributed by atoms with Crippen LogP contribution in [0.1, 0.15) is 11.4 Å². The monoisotopic (exact) mass is 241 g/mol. The maximum atomic E-state index is 5.90. The number of ether oxygens (including phenoxy) is 1. The molecule has 4 nitrogen and oxygen atoms in total. The van der Waals surface area contributed by atoms with E-state index in [0.29, 0.717) is 6.54 Å². The smallest absolute Gasteiger partial charge is 0.132 e. The van der Waals surface area contributed by atoms with Crippen LogP contribution in [0, 0.1) is 6.92 Å². The van der Waals surface area contributed by atoms with Crippen LogP contribution in [0.3, 0.4) is 0 Å². The molecule has 1 aromatic heterocycles. The van der Waals surface area contributed by atoms with E-state index in [4.69, 9.17) is 10.5 Å². The standard InChI is InChI=1S/C14H15N3O/c1-9-16-6-5-13(17-9)12-4-2-3-10-7-11(8-15)18-14(10)12/h2-6,11H,7-8,15H2,1H3. The van der Waals surface area contributed by atoms with Gasteiger partial charge in [-0.25, -0.2) is 9.97 Å². The molecule has 0 saturated heterocycles. The molecule has 2 heterocycles. The van der Waals surface area contributed by atoms with Crippen molar-refractivity contribution in [1.29, 1.82) is 0 Å². The number of nitrogens with two attached hydrogens (primary N) is 1. The van der Waals surface area contributed by atoms with E-state index in [9.17, 15) is 0 Å². The molecule has 0 saturated carbocycles. The van der Waals surface area contributed by atoms with E-state index in [-0.39, 0.29) is 6.10 Å². The van der Waals surface area contributed by atoms with Crippen LogP contribution in [0.5, 0.6) is 5.75 Å². The van der Waals surface area contributed by atoms with Crippen LogP contribution in [0.4, 0.5) is 0 Å². The fourth-order valence-electron chi connectivity index (χ4n) is 2.28. The molecular weight excluding hydrogens is 226 g/mol. The maximum Gasteiger partial charge on any atom is 0.132 e. The average Bonchev–Trinajstić information content (AvgIpc) is 2.81. The Hall–Kier alpha value is -1.94. The third-order valence-electron chi connectivity index (χ3n) is 3.14. The number of rotatable bonds is 2. The summed E-state index contributed by atoms with van der Waals surface area (Å²) >= 11 is 0. The normalized spacial score (nSPS) is 17.3. The predicted octanol–water partition coefficient (Wildman–Crippen LogP) is 1.71. The van der Waals surface area contributed by atoms with Crippen LogP contribution >= 0.6 is 0 Å². The first-order chi connectivity index (χ1) is 8.78. The summed E-state index contributed by atoms with van der Waals surface area (Å²) in [4.78, 5) is 8.57. The molecule has 92 valence electrons. The van der Waals surface area contributed by atoms with E-state index in [1.54, 1.807) is 6.20 Å². The van der Waals surface area contributed by atoms with Crippen LogP contribution in [0.2, 0.25) is 0 Å². The van der Waals surface area contributed by atoms with E-state index in [1.165, 1.54) is 5.56 Å². The Morgan fingerprint density at radius 2 is 2.28 bits per heavy atom. The van der Waals surface area contributed by atoms with Gasteiger partial charge in [0.2, 0.25) is 0 Å². The van der Waals surface area contributed by atoms with Gasteiger partial charge >= 0.3 is 0 Å². The van der Waals surface area contributed by atoms with Gasteiger partial charge < -0.3 is 10.5 Å². The highest BCUT2D eigenvalue weighted by Crippen LogP contribution is 2.37. The van der Waals surface area contributed by atoms with Gasteiger partial charge in [0.15, 0.2) is 0 Å². The van der Waals surface area contributed by atoms with Gasteiger partial charge in [0.25, 0.3) is 0 Å². The van der Waals surface area contributed by atoms with Gasteiger partial charge in [0.1, 0.15) is 17.7 Å². The van der Waals surface area contributed by atoms with Gasteiger partial charge in [0.05, 0.1) is 5.69 Å². The van der Waals surface area contributed by atoms with Crippen LogP contribution in [-0.4, -0.2) is 22.6 Å². The summed E-state index contributed by atoms with van der Waals surface area (Å²) < 4.78 is 5.90. The molecule has 1 aliphatic heterocycles. The molecular formula is C14H15N3O. The zero-order valence-electron chi connectivity index (χ0n) is 10.3. The number of aromatic nitrogens is 2. The average molecular weight is 241 g/mol. The zero-order valence-corrected chi connectivity index (χ0v) is 10.3. The first-order valence-electron chi connectivity index (χ1n) is 6.06. The highest BCUT2D eigenvalue weighted by atomic mass is 16.5. The number of hydrogen-bond donors (Lipinski definition) is 1. The summed E-state index contributed by atoms with van der Waals surface area (Å²) in [6, 6.07) is 8.05. The third-order valence-corrected chi connectivity index (χ3v) is 3.14. The van der Waals surface area contributed by atoms with Crippen molar-refractivity contribution in [3.63, 3.8) is 0 Å². The molecule has 1 atom stereocenters. The second kappa shape index (κ2) is 4.38. The first-order valence-corrected chi connectivity index (χ1v) is 6.06. The molecule has 2 aromatic rings. The van der Waals surface area contributed by atoms with Crippen molar-refractivity contribution < 1.29 is 4.74 Å². The van der Waals surface area contributed by atoms with Gasteiger partial charge in [-0.05, 0) is 24.6 Å². The van der Waals surface area contributed by atoms with Crippen LogP contribution in [0.25, 0.3) is 11.3 Å².